The minimum atomic E-state index is -0.553. The van der Waals surface area contributed by atoms with Crippen molar-refractivity contribution in [3.63, 3.8) is 0 Å². The lowest BCUT2D eigenvalue weighted by molar-refractivity contribution is -0.151. The first-order valence-corrected chi connectivity index (χ1v) is 9.14. The van der Waals surface area contributed by atoms with E-state index >= 15 is 0 Å². The van der Waals surface area contributed by atoms with Crippen LogP contribution in [0.5, 0.6) is 0 Å². The Morgan fingerprint density at radius 2 is 1.73 bits per heavy atom. The summed E-state index contributed by atoms with van der Waals surface area (Å²) >= 11 is 0. The summed E-state index contributed by atoms with van der Waals surface area (Å²) < 4.78 is 5.33. The van der Waals surface area contributed by atoms with Crippen LogP contribution in [0.15, 0.2) is 54.6 Å². The second-order valence-corrected chi connectivity index (χ2v) is 6.96. The maximum atomic E-state index is 12.5. The highest BCUT2D eigenvalue weighted by Crippen LogP contribution is 2.49. The van der Waals surface area contributed by atoms with Crippen molar-refractivity contribution in [3.8, 4) is 0 Å². The maximum absolute atomic E-state index is 12.5. The summed E-state index contributed by atoms with van der Waals surface area (Å²) in [5, 5.41) is 2.95. The van der Waals surface area contributed by atoms with Crippen molar-refractivity contribution >= 4 is 11.9 Å². The van der Waals surface area contributed by atoms with Crippen LogP contribution in [0.1, 0.15) is 48.9 Å². The van der Waals surface area contributed by atoms with E-state index in [0.29, 0.717) is 0 Å². The van der Waals surface area contributed by atoms with E-state index in [4.69, 9.17) is 4.74 Å². The molecule has 1 amide bonds. The highest BCUT2D eigenvalue weighted by molar-refractivity contribution is 5.89. The van der Waals surface area contributed by atoms with Crippen LogP contribution < -0.4 is 5.32 Å². The molecule has 0 aliphatic heterocycles. The SMILES string of the molecule is CC[C@H](NC(=O)COC(=O)C1(c2ccccc2)CC1)c1ccc(C)cc1. The van der Waals surface area contributed by atoms with Gasteiger partial charge in [0.2, 0.25) is 0 Å². The number of rotatable bonds is 7. The molecule has 2 aromatic carbocycles. The Balaban J connectivity index is 1.55. The quantitative estimate of drug-likeness (QED) is 0.771. The van der Waals surface area contributed by atoms with Crippen LogP contribution in [-0.2, 0) is 19.7 Å². The van der Waals surface area contributed by atoms with Gasteiger partial charge in [0, 0.05) is 0 Å². The second kappa shape index (κ2) is 7.73. The van der Waals surface area contributed by atoms with Gasteiger partial charge in [0.1, 0.15) is 0 Å². The van der Waals surface area contributed by atoms with E-state index in [2.05, 4.69) is 5.32 Å². The standard InChI is InChI=1S/C22H25NO3/c1-3-19(17-11-9-16(2)10-12-17)23-20(24)15-26-21(25)22(13-14-22)18-7-5-4-6-8-18/h4-12,19H,3,13-15H2,1-2H3,(H,23,24)/t19-/m0/s1. The van der Waals surface area contributed by atoms with Gasteiger partial charge in [-0.05, 0) is 37.3 Å². The van der Waals surface area contributed by atoms with Crippen molar-refractivity contribution in [2.75, 3.05) is 6.61 Å². The average Bonchev–Trinajstić information content (AvgIpc) is 3.48. The molecule has 0 saturated heterocycles. The van der Waals surface area contributed by atoms with E-state index in [-0.39, 0.29) is 24.5 Å². The molecular formula is C22H25NO3. The number of carbonyl (C=O) groups is 2. The summed E-state index contributed by atoms with van der Waals surface area (Å²) in [5.74, 6) is -0.572. The molecule has 1 atom stereocenters. The minimum absolute atomic E-state index is 0.0780. The molecule has 1 aliphatic rings. The van der Waals surface area contributed by atoms with Gasteiger partial charge in [-0.15, -0.1) is 0 Å². The molecule has 0 aromatic heterocycles. The highest BCUT2D eigenvalue weighted by Gasteiger charge is 2.52. The number of nitrogens with one attached hydrogen (secondary N) is 1. The number of hydrogen-bond donors (Lipinski definition) is 1. The minimum Gasteiger partial charge on any atom is -0.455 e. The molecule has 0 spiro atoms. The predicted octanol–water partition coefficient (Wildman–Crippen LogP) is 3.84. The van der Waals surface area contributed by atoms with Crippen LogP contribution in [0.25, 0.3) is 0 Å². The molecular weight excluding hydrogens is 326 g/mol. The molecule has 26 heavy (non-hydrogen) atoms. The summed E-state index contributed by atoms with van der Waals surface area (Å²) in [6.07, 6.45) is 2.33. The third-order valence-electron chi connectivity index (χ3n) is 5.02. The van der Waals surface area contributed by atoms with E-state index in [1.165, 1.54) is 5.56 Å². The first kappa shape index (κ1) is 18.2. The normalized spacial score (nSPS) is 15.8. The van der Waals surface area contributed by atoms with Gasteiger partial charge in [0.25, 0.3) is 5.91 Å². The molecule has 0 radical (unpaired) electrons. The molecule has 1 saturated carbocycles. The molecule has 3 rings (SSSR count). The first-order chi connectivity index (χ1) is 12.5. The van der Waals surface area contributed by atoms with Gasteiger partial charge in [-0.1, -0.05) is 67.1 Å². The highest BCUT2D eigenvalue weighted by atomic mass is 16.5. The Hall–Kier alpha value is -2.62. The lowest BCUT2D eigenvalue weighted by Gasteiger charge is -2.19. The van der Waals surface area contributed by atoms with Crippen LogP contribution in [0.4, 0.5) is 0 Å². The first-order valence-electron chi connectivity index (χ1n) is 9.14. The number of carbonyl (C=O) groups excluding carboxylic acids is 2. The van der Waals surface area contributed by atoms with E-state index in [1.807, 2.05) is 68.4 Å². The third-order valence-corrected chi connectivity index (χ3v) is 5.02. The van der Waals surface area contributed by atoms with Crippen LogP contribution in [-0.4, -0.2) is 18.5 Å². The van der Waals surface area contributed by atoms with Crippen LogP contribution in [0, 0.1) is 6.92 Å². The number of hydrogen-bond acceptors (Lipinski definition) is 3. The molecule has 136 valence electrons. The molecule has 1 fully saturated rings. The van der Waals surface area contributed by atoms with Gasteiger partial charge in [0.05, 0.1) is 11.5 Å². The Morgan fingerprint density at radius 3 is 2.31 bits per heavy atom. The molecule has 1 aliphatic carbocycles. The predicted molar refractivity (Wildman–Crippen MR) is 101 cm³/mol. The number of amides is 1. The van der Waals surface area contributed by atoms with Crippen LogP contribution >= 0.6 is 0 Å². The van der Waals surface area contributed by atoms with Crippen LogP contribution in [0.2, 0.25) is 0 Å². The summed E-state index contributed by atoms with van der Waals surface area (Å²) in [6, 6.07) is 17.7. The summed E-state index contributed by atoms with van der Waals surface area (Å²) in [7, 11) is 0. The van der Waals surface area contributed by atoms with Crippen molar-refractivity contribution in [2.45, 2.75) is 44.6 Å². The zero-order valence-electron chi connectivity index (χ0n) is 15.3. The Kier molecular flexibility index (Phi) is 5.40. The molecule has 2 aromatic rings. The number of benzene rings is 2. The molecule has 1 N–H and O–H groups in total. The Morgan fingerprint density at radius 1 is 1.08 bits per heavy atom. The number of ether oxygens (including phenoxy) is 1. The Bertz CT molecular complexity index is 764. The maximum Gasteiger partial charge on any atom is 0.317 e. The monoisotopic (exact) mass is 351 g/mol. The van der Waals surface area contributed by atoms with Gasteiger partial charge >= 0.3 is 5.97 Å². The molecule has 0 heterocycles. The largest absolute Gasteiger partial charge is 0.455 e. The van der Waals surface area contributed by atoms with Crippen molar-refractivity contribution in [1.82, 2.24) is 5.32 Å². The summed E-state index contributed by atoms with van der Waals surface area (Å²) in [5.41, 5.74) is 2.65. The smallest absolute Gasteiger partial charge is 0.317 e. The van der Waals surface area contributed by atoms with E-state index in [9.17, 15) is 9.59 Å². The zero-order valence-corrected chi connectivity index (χ0v) is 15.3. The van der Waals surface area contributed by atoms with Crippen molar-refractivity contribution in [1.29, 1.82) is 0 Å². The molecule has 4 nitrogen and oxygen atoms in total. The summed E-state index contributed by atoms with van der Waals surface area (Å²) in [4.78, 5) is 24.7. The van der Waals surface area contributed by atoms with E-state index < -0.39 is 5.41 Å². The fraction of sp³-hybridized carbons (Fsp3) is 0.364. The topological polar surface area (TPSA) is 55.4 Å². The second-order valence-electron chi connectivity index (χ2n) is 6.96. The average molecular weight is 351 g/mol. The lowest BCUT2D eigenvalue weighted by atomic mass is 9.96. The molecule has 0 unspecified atom stereocenters. The van der Waals surface area contributed by atoms with Gasteiger partial charge in [0.15, 0.2) is 6.61 Å². The number of aryl methyl sites for hydroxylation is 1. The van der Waals surface area contributed by atoms with Crippen molar-refractivity contribution in [2.24, 2.45) is 0 Å². The molecule has 4 heteroatoms. The van der Waals surface area contributed by atoms with Gasteiger partial charge in [-0.2, -0.15) is 0 Å². The fourth-order valence-corrected chi connectivity index (χ4v) is 3.22. The van der Waals surface area contributed by atoms with Gasteiger partial charge in [-0.25, -0.2) is 0 Å². The lowest BCUT2D eigenvalue weighted by Crippen LogP contribution is -2.34. The summed E-state index contributed by atoms with van der Waals surface area (Å²) in [6.45, 7) is 3.81. The van der Waals surface area contributed by atoms with E-state index in [1.54, 1.807) is 0 Å². The van der Waals surface area contributed by atoms with Gasteiger partial charge < -0.3 is 10.1 Å². The zero-order chi connectivity index (χ0) is 18.6. The fourth-order valence-electron chi connectivity index (χ4n) is 3.22. The van der Waals surface area contributed by atoms with Gasteiger partial charge in [-0.3, -0.25) is 9.59 Å². The van der Waals surface area contributed by atoms with E-state index in [0.717, 1.165) is 30.4 Å². The number of esters is 1. The molecule has 0 bridgehead atoms. The third kappa shape index (κ3) is 3.96. The van der Waals surface area contributed by atoms with Crippen molar-refractivity contribution in [3.05, 3.63) is 71.3 Å². The van der Waals surface area contributed by atoms with Crippen LogP contribution in [0.3, 0.4) is 0 Å². The van der Waals surface area contributed by atoms with Crippen molar-refractivity contribution < 1.29 is 14.3 Å². The Labute approximate surface area is 154 Å².